The maximum absolute atomic E-state index is 10.3. The molecule has 0 amide bonds. The molecule has 0 aliphatic carbocycles. The van der Waals surface area contributed by atoms with Gasteiger partial charge in [0.2, 0.25) is 0 Å². The minimum atomic E-state index is -1.29. The van der Waals surface area contributed by atoms with E-state index in [1.165, 1.54) is 6.08 Å². The van der Waals surface area contributed by atoms with Crippen LogP contribution in [-0.2, 0) is 20.8 Å². The molecule has 6 nitrogen and oxygen atoms in total. The Balaban J connectivity index is 2.07. The first-order valence-corrected chi connectivity index (χ1v) is 7.18. The molecule has 1 aliphatic heterocycles. The fraction of sp³-hybridized carbons (Fsp3) is 0.500. The van der Waals surface area contributed by atoms with Gasteiger partial charge in [0.25, 0.3) is 0 Å². The Morgan fingerprint density at radius 2 is 1.86 bits per heavy atom. The molecule has 0 radical (unpaired) electrons. The van der Waals surface area contributed by atoms with Gasteiger partial charge < -0.3 is 29.5 Å². The van der Waals surface area contributed by atoms with Crippen molar-refractivity contribution in [3.05, 3.63) is 48.6 Å². The van der Waals surface area contributed by atoms with Crippen LogP contribution in [0.5, 0.6) is 0 Å². The first-order valence-electron chi connectivity index (χ1n) is 7.18. The first kappa shape index (κ1) is 17.1. The molecule has 0 unspecified atom stereocenters. The van der Waals surface area contributed by atoms with Crippen LogP contribution in [0.3, 0.4) is 0 Å². The molecule has 122 valence electrons. The lowest BCUT2D eigenvalue weighted by molar-refractivity contribution is -0.303. The van der Waals surface area contributed by atoms with Gasteiger partial charge in [-0.3, -0.25) is 0 Å². The second kappa shape index (κ2) is 8.38. The van der Waals surface area contributed by atoms with Crippen molar-refractivity contribution in [2.24, 2.45) is 0 Å². The van der Waals surface area contributed by atoms with Gasteiger partial charge in [0.1, 0.15) is 24.4 Å². The third kappa shape index (κ3) is 4.13. The van der Waals surface area contributed by atoms with Gasteiger partial charge in [-0.15, -0.1) is 6.58 Å². The van der Waals surface area contributed by atoms with Crippen LogP contribution < -0.4 is 0 Å². The minimum absolute atomic E-state index is 0.187. The number of rotatable bonds is 7. The standard InChI is InChI=1S/C16H22O6/c1-2-8-20-15-14(13(18)12(9-17)22-16(15)19)21-10-11-6-4-3-5-7-11/h2-7,12-19H,1,8-10H2/t12-,13-,14+,15-,16+/m1/s1. The van der Waals surface area contributed by atoms with Crippen molar-refractivity contribution in [1.82, 2.24) is 0 Å². The van der Waals surface area contributed by atoms with Crippen LogP contribution in [0, 0.1) is 0 Å². The molecule has 1 aliphatic rings. The third-order valence-corrected chi connectivity index (χ3v) is 3.51. The van der Waals surface area contributed by atoms with Gasteiger partial charge in [-0.25, -0.2) is 0 Å². The Bertz CT molecular complexity index is 451. The minimum Gasteiger partial charge on any atom is -0.394 e. The second-order valence-electron chi connectivity index (χ2n) is 5.09. The summed E-state index contributed by atoms with van der Waals surface area (Å²) in [5.74, 6) is 0. The number of ether oxygens (including phenoxy) is 3. The van der Waals surface area contributed by atoms with Crippen molar-refractivity contribution in [3.8, 4) is 0 Å². The molecular weight excluding hydrogens is 288 g/mol. The summed E-state index contributed by atoms with van der Waals surface area (Å²) in [5, 5.41) is 29.5. The molecule has 1 aromatic rings. The van der Waals surface area contributed by atoms with Crippen molar-refractivity contribution in [2.45, 2.75) is 37.3 Å². The van der Waals surface area contributed by atoms with E-state index >= 15 is 0 Å². The van der Waals surface area contributed by atoms with E-state index in [2.05, 4.69) is 6.58 Å². The zero-order valence-electron chi connectivity index (χ0n) is 12.2. The largest absolute Gasteiger partial charge is 0.394 e. The maximum atomic E-state index is 10.3. The van der Waals surface area contributed by atoms with E-state index < -0.39 is 37.3 Å². The van der Waals surface area contributed by atoms with Crippen LogP contribution in [0.1, 0.15) is 5.56 Å². The highest BCUT2D eigenvalue weighted by Gasteiger charge is 2.45. The summed E-state index contributed by atoms with van der Waals surface area (Å²) < 4.78 is 16.3. The van der Waals surface area contributed by atoms with Crippen molar-refractivity contribution in [3.63, 3.8) is 0 Å². The highest BCUT2D eigenvalue weighted by molar-refractivity contribution is 5.13. The van der Waals surface area contributed by atoms with Gasteiger partial charge in [0.05, 0.1) is 19.8 Å². The van der Waals surface area contributed by atoms with Crippen LogP contribution in [0.2, 0.25) is 0 Å². The lowest BCUT2D eigenvalue weighted by Crippen LogP contribution is -2.60. The maximum Gasteiger partial charge on any atom is 0.184 e. The number of hydrogen-bond donors (Lipinski definition) is 3. The van der Waals surface area contributed by atoms with E-state index in [-0.39, 0.29) is 13.2 Å². The highest BCUT2D eigenvalue weighted by Crippen LogP contribution is 2.25. The SMILES string of the molecule is C=CCO[C@@H]1[C@@H](OCc2ccccc2)[C@H](O)[C@@H](CO)O[C@@H]1O. The van der Waals surface area contributed by atoms with E-state index in [1.807, 2.05) is 30.3 Å². The third-order valence-electron chi connectivity index (χ3n) is 3.51. The summed E-state index contributed by atoms with van der Waals surface area (Å²) in [4.78, 5) is 0. The van der Waals surface area contributed by atoms with E-state index in [0.717, 1.165) is 5.56 Å². The summed E-state index contributed by atoms with van der Waals surface area (Å²) in [5.41, 5.74) is 0.929. The van der Waals surface area contributed by atoms with Crippen LogP contribution >= 0.6 is 0 Å². The lowest BCUT2D eigenvalue weighted by atomic mass is 9.98. The van der Waals surface area contributed by atoms with Crippen LogP contribution in [-0.4, -0.2) is 59.2 Å². The molecule has 2 rings (SSSR count). The normalized spacial score (nSPS) is 31.9. The summed E-state index contributed by atoms with van der Waals surface area (Å²) in [6.45, 7) is 3.57. The number of benzene rings is 1. The molecule has 1 heterocycles. The second-order valence-corrected chi connectivity index (χ2v) is 5.09. The van der Waals surface area contributed by atoms with Crippen molar-refractivity contribution < 1.29 is 29.5 Å². The molecule has 6 heteroatoms. The lowest BCUT2D eigenvalue weighted by Gasteiger charge is -2.41. The molecule has 1 fully saturated rings. The van der Waals surface area contributed by atoms with E-state index in [9.17, 15) is 15.3 Å². The quantitative estimate of drug-likeness (QED) is 0.624. The average molecular weight is 310 g/mol. The average Bonchev–Trinajstić information content (AvgIpc) is 2.55. The molecule has 0 saturated carbocycles. The number of aliphatic hydroxyl groups is 3. The van der Waals surface area contributed by atoms with Crippen molar-refractivity contribution in [1.29, 1.82) is 0 Å². The monoisotopic (exact) mass is 310 g/mol. The molecule has 1 saturated heterocycles. The van der Waals surface area contributed by atoms with Crippen molar-refractivity contribution >= 4 is 0 Å². The van der Waals surface area contributed by atoms with Crippen LogP contribution in [0.4, 0.5) is 0 Å². The zero-order chi connectivity index (χ0) is 15.9. The predicted molar refractivity (Wildman–Crippen MR) is 78.9 cm³/mol. The summed E-state index contributed by atoms with van der Waals surface area (Å²) in [6.07, 6.45) is -3.46. The molecule has 0 spiro atoms. The highest BCUT2D eigenvalue weighted by atomic mass is 16.7. The Morgan fingerprint density at radius 3 is 2.50 bits per heavy atom. The van der Waals surface area contributed by atoms with Gasteiger partial charge in [0, 0.05) is 0 Å². The number of hydrogen-bond acceptors (Lipinski definition) is 6. The molecular formula is C16H22O6. The van der Waals surface area contributed by atoms with Crippen LogP contribution in [0.25, 0.3) is 0 Å². The first-order chi connectivity index (χ1) is 10.7. The molecule has 22 heavy (non-hydrogen) atoms. The molecule has 1 aromatic carbocycles. The van der Waals surface area contributed by atoms with Gasteiger partial charge in [-0.05, 0) is 5.56 Å². The smallest absolute Gasteiger partial charge is 0.184 e. The molecule has 5 atom stereocenters. The van der Waals surface area contributed by atoms with Gasteiger partial charge in [-0.1, -0.05) is 36.4 Å². The van der Waals surface area contributed by atoms with Gasteiger partial charge in [0.15, 0.2) is 6.29 Å². The Kier molecular flexibility index (Phi) is 6.50. The van der Waals surface area contributed by atoms with Gasteiger partial charge >= 0.3 is 0 Å². The van der Waals surface area contributed by atoms with E-state index in [0.29, 0.717) is 0 Å². The Labute approximate surface area is 129 Å². The fourth-order valence-corrected chi connectivity index (χ4v) is 2.37. The van der Waals surface area contributed by atoms with E-state index in [1.54, 1.807) is 0 Å². The zero-order valence-corrected chi connectivity index (χ0v) is 12.2. The van der Waals surface area contributed by atoms with Crippen molar-refractivity contribution in [2.75, 3.05) is 13.2 Å². The summed E-state index contributed by atoms with van der Waals surface area (Å²) in [6, 6.07) is 9.46. The molecule has 0 bridgehead atoms. The van der Waals surface area contributed by atoms with Crippen LogP contribution in [0.15, 0.2) is 43.0 Å². The fourth-order valence-electron chi connectivity index (χ4n) is 2.37. The topological polar surface area (TPSA) is 88.4 Å². The molecule has 3 N–H and O–H groups in total. The Hall–Kier alpha value is -1.28. The summed E-state index contributed by atoms with van der Waals surface area (Å²) >= 11 is 0. The molecule has 0 aromatic heterocycles. The van der Waals surface area contributed by atoms with E-state index in [4.69, 9.17) is 14.2 Å². The number of aliphatic hydroxyl groups excluding tert-OH is 3. The summed E-state index contributed by atoms with van der Waals surface area (Å²) in [7, 11) is 0. The predicted octanol–water partition coefficient (Wildman–Crippen LogP) is 0.213. The van der Waals surface area contributed by atoms with Gasteiger partial charge in [-0.2, -0.15) is 0 Å². The Morgan fingerprint density at radius 1 is 1.14 bits per heavy atom.